The fraction of sp³-hybridized carbons (Fsp3) is 1.00. The van der Waals surface area contributed by atoms with Gasteiger partial charge in [0.05, 0.1) is 25.1 Å². The smallest absolute Gasteiger partial charge is 0.148 e. The van der Waals surface area contributed by atoms with Crippen LogP contribution in [0.3, 0.4) is 0 Å². The third-order valence-electron chi connectivity index (χ3n) is 2.40. The van der Waals surface area contributed by atoms with Crippen LogP contribution in [0.2, 0.25) is 0 Å². The molecule has 1 aliphatic rings. The van der Waals surface area contributed by atoms with Crippen LogP contribution in [0.4, 0.5) is 0 Å². The summed E-state index contributed by atoms with van der Waals surface area (Å²) in [4.78, 5) is 0. The van der Waals surface area contributed by atoms with Crippen molar-refractivity contribution in [3.05, 3.63) is 0 Å². The van der Waals surface area contributed by atoms with Crippen molar-refractivity contribution in [2.45, 2.75) is 18.9 Å². The number of rotatable bonds is 8. The van der Waals surface area contributed by atoms with Crippen LogP contribution < -0.4 is 5.32 Å². The van der Waals surface area contributed by atoms with Crippen LogP contribution in [-0.4, -0.2) is 59.4 Å². The van der Waals surface area contributed by atoms with Gasteiger partial charge in [0.25, 0.3) is 0 Å². The van der Waals surface area contributed by atoms with E-state index in [2.05, 4.69) is 5.32 Å². The molecule has 1 saturated heterocycles. The molecule has 0 aromatic carbocycles. The van der Waals surface area contributed by atoms with Gasteiger partial charge < -0.3 is 14.8 Å². The van der Waals surface area contributed by atoms with Crippen LogP contribution in [-0.2, 0) is 19.3 Å². The fourth-order valence-electron chi connectivity index (χ4n) is 1.52. The molecule has 0 bridgehead atoms. The van der Waals surface area contributed by atoms with E-state index >= 15 is 0 Å². The zero-order valence-electron chi connectivity index (χ0n) is 9.78. The van der Waals surface area contributed by atoms with E-state index in [4.69, 9.17) is 9.47 Å². The van der Waals surface area contributed by atoms with Gasteiger partial charge in [-0.15, -0.1) is 0 Å². The normalized spacial score (nSPS) is 21.4. The lowest BCUT2D eigenvalue weighted by molar-refractivity contribution is 0.0184. The Morgan fingerprint density at radius 3 is 2.88 bits per heavy atom. The Kier molecular flexibility index (Phi) is 6.26. The van der Waals surface area contributed by atoms with Gasteiger partial charge in [-0.2, -0.15) is 0 Å². The standard InChI is InChI=1S/C10H21NO4S/c1-16(12,13)8-5-11-4-7-14-9-10-3-2-6-15-10/h10-11H,2-9H2,1H3. The molecule has 0 amide bonds. The number of ether oxygens (including phenoxy) is 2. The first-order valence-corrected chi connectivity index (χ1v) is 7.72. The molecule has 1 N–H and O–H groups in total. The van der Waals surface area contributed by atoms with Gasteiger partial charge in [0.1, 0.15) is 9.84 Å². The summed E-state index contributed by atoms with van der Waals surface area (Å²) in [5.41, 5.74) is 0. The van der Waals surface area contributed by atoms with Crippen molar-refractivity contribution < 1.29 is 17.9 Å². The Hall–Kier alpha value is -0.170. The quantitative estimate of drug-likeness (QED) is 0.606. The molecule has 0 saturated carbocycles. The average molecular weight is 251 g/mol. The van der Waals surface area contributed by atoms with E-state index in [0.29, 0.717) is 26.3 Å². The number of sulfone groups is 1. The Bertz CT molecular complexity index is 273. The second-order valence-corrected chi connectivity index (χ2v) is 6.35. The second kappa shape index (κ2) is 7.21. The Morgan fingerprint density at radius 2 is 2.25 bits per heavy atom. The molecule has 0 aromatic rings. The fourth-order valence-corrected chi connectivity index (χ4v) is 2.03. The highest BCUT2D eigenvalue weighted by molar-refractivity contribution is 7.90. The van der Waals surface area contributed by atoms with E-state index in [0.717, 1.165) is 19.4 Å². The molecule has 0 spiro atoms. The molecule has 1 heterocycles. The van der Waals surface area contributed by atoms with Crippen LogP contribution >= 0.6 is 0 Å². The van der Waals surface area contributed by atoms with E-state index < -0.39 is 9.84 Å². The monoisotopic (exact) mass is 251 g/mol. The highest BCUT2D eigenvalue weighted by atomic mass is 32.2. The molecule has 6 heteroatoms. The van der Waals surface area contributed by atoms with Crippen LogP contribution in [0.5, 0.6) is 0 Å². The molecule has 1 atom stereocenters. The number of nitrogens with one attached hydrogen (secondary N) is 1. The molecule has 5 nitrogen and oxygen atoms in total. The van der Waals surface area contributed by atoms with E-state index in [1.54, 1.807) is 0 Å². The number of hydrogen-bond acceptors (Lipinski definition) is 5. The van der Waals surface area contributed by atoms with Crippen molar-refractivity contribution in [2.24, 2.45) is 0 Å². The van der Waals surface area contributed by atoms with Gasteiger partial charge in [0.15, 0.2) is 0 Å². The van der Waals surface area contributed by atoms with Crippen molar-refractivity contribution in [3.8, 4) is 0 Å². The molecule has 1 rings (SSSR count). The molecular formula is C10H21NO4S. The molecule has 1 unspecified atom stereocenters. The lowest BCUT2D eigenvalue weighted by atomic mass is 10.2. The molecular weight excluding hydrogens is 230 g/mol. The Balaban J connectivity index is 1.84. The molecule has 0 aromatic heterocycles. The van der Waals surface area contributed by atoms with Crippen LogP contribution in [0.1, 0.15) is 12.8 Å². The van der Waals surface area contributed by atoms with Crippen molar-refractivity contribution in [1.82, 2.24) is 5.32 Å². The van der Waals surface area contributed by atoms with E-state index in [1.807, 2.05) is 0 Å². The predicted molar refractivity (Wildman–Crippen MR) is 62.4 cm³/mol. The summed E-state index contributed by atoms with van der Waals surface area (Å²) in [6, 6.07) is 0. The van der Waals surface area contributed by atoms with Gasteiger partial charge in [0.2, 0.25) is 0 Å². The van der Waals surface area contributed by atoms with Crippen LogP contribution in [0.15, 0.2) is 0 Å². The summed E-state index contributed by atoms with van der Waals surface area (Å²) in [6.07, 6.45) is 3.71. The van der Waals surface area contributed by atoms with Gasteiger partial charge in [-0.1, -0.05) is 0 Å². The Labute approximate surface area is 97.4 Å². The highest BCUT2D eigenvalue weighted by Gasteiger charge is 2.14. The molecule has 1 aliphatic heterocycles. The lowest BCUT2D eigenvalue weighted by Gasteiger charge is -2.10. The van der Waals surface area contributed by atoms with E-state index in [9.17, 15) is 8.42 Å². The van der Waals surface area contributed by atoms with Crippen molar-refractivity contribution in [3.63, 3.8) is 0 Å². The SMILES string of the molecule is CS(=O)(=O)CCNCCOCC1CCCO1. The van der Waals surface area contributed by atoms with Gasteiger partial charge in [-0.25, -0.2) is 8.42 Å². The van der Waals surface area contributed by atoms with Crippen LogP contribution in [0, 0.1) is 0 Å². The minimum Gasteiger partial charge on any atom is -0.377 e. The predicted octanol–water partition coefficient (Wildman–Crippen LogP) is -0.184. The summed E-state index contributed by atoms with van der Waals surface area (Å²) in [5, 5.41) is 3.02. The largest absolute Gasteiger partial charge is 0.377 e. The average Bonchev–Trinajstić information content (AvgIpc) is 2.67. The summed E-state index contributed by atoms with van der Waals surface area (Å²) < 4.78 is 32.4. The van der Waals surface area contributed by atoms with Gasteiger partial charge in [-0.3, -0.25) is 0 Å². The van der Waals surface area contributed by atoms with Gasteiger partial charge in [-0.05, 0) is 12.8 Å². The topological polar surface area (TPSA) is 64.6 Å². The van der Waals surface area contributed by atoms with Gasteiger partial charge >= 0.3 is 0 Å². The molecule has 0 aliphatic carbocycles. The molecule has 16 heavy (non-hydrogen) atoms. The maximum Gasteiger partial charge on any atom is 0.148 e. The summed E-state index contributed by atoms with van der Waals surface area (Å²) >= 11 is 0. The first kappa shape index (κ1) is 13.9. The maximum atomic E-state index is 10.8. The molecule has 0 radical (unpaired) electrons. The maximum absolute atomic E-state index is 10.8. The molecule has 96 valence electrons. The number of hydrogen-bond donors (Lipinski definition) is 1. The second-order valence-electron chi connectivity index (χ2n) is 4.09. The zero-order valence-corrected chi connectivity index (χ0v) is 10.6. The van der Waals surface area contributed by atoms with Crippen molar-refractivity contribution >= 4 is 9.84 Å². The van der Waals surface area contributed by atoms with Crippen molar-refractivity contribution in [2.75, 3.05) is 44.9 Å². The van der Waals surface area contributed by atoms with Crippen molar-refractivity contribution in [1.29, 1.82) is 0 Å². The minimum absolute atomic E-state index is 0.179. The molecule has 1 fully saturated rings. The van der Waals surface area contributed by atoms with Crippen LogP contribution in [0.25, 0.3) is 0 Å². The Morgan fingerprint density at radius 1 is 1.44 bits per heavy atom. The first-order valence-electron chi connectivity index (χ1n) is 5.66. The van der Waals surface area contributed by atoms with E-state index in [1.165, 1.54) is 6.26 Å². The van der Waals surface area contributed by atoms with Gasteiger partial charge in [0, 0.05) is 26.0 Å². The highest BCUT2D eigenvalue weighted by Crippen LogP contribution is 2.11. The first-order chi connectivity index (χ1) is 7.58. The van der Waals surface area contributed by atoms with E-state index in [-0.39, 0.29) is 11.9 Å². The summed E-state index contributed by atoms with van der Waals surface area (Å²) in [6.45, 7) is 3.27. The zero-order chi connectivity index (χ0) is 11.9. The third-order valence-corrected chi connectivity index (χ3v) is 3.35. The third kappa shape index (κ3) is 7.16. The summed E-state index contributed by atoms with van der Waals surface area (Å²) in [7, 11) is -2.85. The lowest BCUT2D eigenvalue weighted by Crippen LogP contribution is -2.27. The minimum atomic E-state index is -2.85. The summed E-state index contributed by atoms with van der Waals surface area (Å²) in [5.74, 6) is 0.179.